The average Bonchev–Trinajstić information content (AvgIpc) is 3.04. The number of nitrogens with zero attached hydrogens (tertiary/aromatic N) is 1. The van der Waals surface area contributed by atoms with Gasteiger partial charge in [-0.05, 0) is 24.8 Å². The Morgan fingerprint density at radius 2 is 0.568 bits per heavy atom. The summed E-state index contributed by atoms with van der Waals surface area (Å²) in [4.78, 5) is 0. The fourth-order valence-corrected chi connectivity index (χ4v) is 6.88. The van der Waals surface area contributed by atoms with Gasteiger partial charge in [-0.15, -0.1) is 0 Å². The molecule has 1 nitrogen and oxygen atoms in total. The van der Waals surface area contributed by atoms with E-state index in [1.54, 1.807) is 0 Å². The quantitative estimate of drug-likeness (QED) is 0.0524. The molecular weight excluding hydrogens is 530 g/mol. The Kier molecular flexibility index (Phi) is 32.8. The van der Waals surface area contributed by atoms with Crippen LogP contribution in [0.1, 0.15) is 238 Å². The summed E-state index contributed by atoms with van der Waals surface area (Å²) in [6.07, 6.45) is 55.2. The van der Waals surface area contributed by atoms with E-state index in [0.717, 1.165) is 0 Å². The highest BCUT2D eigenvalue weighted by Crippen LogP contribution is 2.16. The topological polar surface area (TPSA) is 3.88 Å². The summed E-state index contributed by atoms with van der Waals surface area (Å²) in [5.41, 5.74) is 1.53. The third kappa shape index (κ3) is 29.8. The number of pyridine rings is 1. The van der Waals surface area contributed by atoms with Crippen LogP contribution in [0.15, 0.2) is 24.5 Å². The van der Waals surface area contributed by atoms with Gasteiger partial charge in [0.15, 0.2) is 12.4 Å². The van der Waals surface area contributed by atoms with Gasteiger partial charge in [-0.25, -0.2) is 4.57 Å². The van der Waals surface area contributed by atoms with Crippen LogP contribution in [-0.2, 0) is 13.0 Å². The van der Waals surface area contributed by atoms with E-state index < -0.39 is 0 Å². The SMILES string of the molecule is CCCCCCCCCCCCCCCCCCCc1cc[n+](CCCCCCCCCCCCCCCCCCC)cc1. The lowest BCUT2D eigenvalue weighted by atomic mass is 10.0. The van der Waals surface area contributed by atoms with Crippen molar-refractivity contribution in [2.75, 3.05) is 0 Å². The molecule has 0 radical (unpaired) electrons. The van der Waals surface area contributed by atoms with Crippen molar-refractivity contribution < 1.29 is 4.57 Å². The molecule has 1 aromatic rings. The van der Waals surface area contributed by atoms with Crippen LogP contribution in [0.25, 0.3) is 0 Å². The molecule has 258 valence electrons. The van der Waals surface area contributed by atoms with Gasteiger partial charge in [0.05, 0.1) is 0 Å². The van der Waals surface area contributed by atoms with Gasteiger partial charge in [0, 0.05) is 18.6 Å². The lowest BCUT2D eigenvalue weighted by molar-refractivity contribution is -0.697. The second kappa shape index (κ2) is 35.0. The number of hydrogen-bond acceptors (Lipinski definition) is 0. The molecule has 0 spiro atoms. The fraction of sp³-hybridized carbons (Fsp3) is 0.884. The van der Waals surface area contributed by atoms with Gasteiger partial charge in [-0.3, -0.25) is 0 Å². The summed E-state index contributed by atoms with van der Waals surface area (Å²) in [5, 5.41) is 0. The van der Waals surface area contributed by atoms with Crippen LogP contribution in [-0.4, -0.2) is 0 Å². The largest absolute Gasteiger partial charge is 0.205 e. The van der Waals surface area contributed by atoms with Crippen LogP contribution in [0.4, 0.5) is 0 Å². The third-order valence-corrected chi connectivity index (χ3v) is 10.0. The van der Waals surface area contributed by atoms with E-state index in [9.17, 15) is 0 Å². The maximum Gasteiger partial charge on any atom is 0.169 e. The van der Waals surface area contributed by atoms with Gasteiger partial charge >= 0.3 is 0 Å². The molecule has 0 aliphatic rings. The monoisotopic (exact) mass is 613 g/mol. The van der Waals surface area contributed by atoms with E-state index in [2.05, 4.69) is 42.9 Å². The highest BCUT2D eigenvalue weighted by Gasteiger charge is 2.02. The van der Waals surface area contributed by atoms with E-state index >= 15 is 0 Å². The summed E-state index contributed by atoms with van der Waals surface area (Å²) >= 11 is 0. The van der Waals surface area contributed by atoms with Gasteiger partial charge in [-0.2, -0.15) is 0 Å². The molecule has 0 bridgehead atoms. The van der Waals surface area contributed by atoms with Crippen molar-refractivity contribution in [2.45, 2.75) is 245 Å². The molecule has 0 aromatic carbocycles. The zero-order chi connectivity index (χ0) is 31.4. The van der Waals surface area contributed by atoms with Crippen molar-refractivity contribution in [1.82, 2.24) is 0 Å². The number of rotatable bonds is 36. The Morgan fingerprint density at radius 3 is 0.864 bits per heavy atom. The Hall–Kier alpha value is -0.850. The Bertz CT molecular complexity index is 592. The molecule has 0 saturated heterocycles. The minimum absolute atomic E-state index is 1.19. The second-order valence-corrected chi connectivity index (χ2v) is 14.5. The molecule has 0 aliphatic carbocycles. The molecule has 0 aliphatic heterocycles. The summed E-state index contributed by atoms with van der Waals surface area (Å²) in [5.74, 6) is 0. The van der Waals surface area contributed by atoms with Crippen molar-refractivity contribution in [2.24, 2.45) is 0 Å². The maximum absolute atomic E-state index is 2.41. The van der Waals surface area contributed by atoms with Crippen molar-refractivity contribution in [3.63, 3.8) is 0 Å². The Morgan fingerprint density at radius 1 is 0.318 bits per heavy atom. The van der Waals surface area contributed by atoms with Crippen molar-refractivity contribution in [3.05, 3.63) is 30.1 Å². The molecule has 44 heavy (non-hydrogen) atoms. The normalized spacial score (nSPS) is 11.5. The van der Waals surface area contributed by atoms with Crippen LogP contribution in [0.3, 0.4) is 0 Å². The fourth-order valence-electron chi connectivity index (χ4n) is 6.88. The molecule has 0 unspecified atom stereocenters. The first-order valence-electron chi connectivity index (χ1n) is 20.8. The molecule has 0 fully saturated rings. The molecular formula is C43H82N+. The van der Waals surface area contributed by atoms with Crippen LogP contribution in [0.5, 0.6) is 0 Å². The Labute approximate surface area is 279 Å². The molecule has 0 amide bonds. The number of aryl methyl sites for hydroxylation is 2. The highest BCUT2D eigenvalue weighted by atomic mass is 14.9. The van der Waals surface area contributed by atoms with Gasteiger partial charge in [-0.1, -0.05) is 213 Å². The zero-order valence-corrected chi connectivity index (χ0v) is 30.7. The van der Waals surface area contributed by atoms with Crippen LogP contribution >= 0.6 is 0 Å². The van der Waals surface area contributed by atoms with Crippen molar-refractivity contribution in [3.8, 4) is 0 Å². The van der Waals surface area contributed by atoms with E-state index in [1.807, 2.05) is 0 Å². The first-order chi connectivity index (χ1) is 21.9. The van der Waals surface area contributed by atoms with Crippen molar-refractivity contribution in [1.29, 1.82) is 0 Å². The summed E-state index contributed by atoms with van der Waals surface area (Å²) < 4.78 is 2.41. The van der Waals surface area contributed by atoms with E-state index in [4.69, 9.17) is 0 Å². The van der Waals surface area contributed by atoms with E-state index in [1.165, 1.54) is 237 Å². The molecule has 0 atom stereocenters. The molecule has 1 aromatic heterocycles. The van der Waals surface area contributed by atoms with Gasteiger partial charge < -0.3 is 0 Å². The molecule has 1 rings (SSSR count). The first kappa shape index (κ1) is 41.2. The lowest BCUT2D eigenvalue weighted by Gasteiger charge is -2.04. The molecule has 0 saturated carbocycles. The van der Waals surface area contributed by atoms with E-state index in [-0.39, 0.29) is 0 Å². The summed E-state index contributed by atoms with van der Waals surface area (Å²) in [7, 11) is 0. The lowest BCUT2D eigenvalue weighted by Crippen LogP contribution is -2.32. The predicted octanol–water partition coefficient (Wildman–Crippen LogP) is 14.8. The van der Waals surface area contributed by atoms with Crippen LogP contribution in [0.2, 0.25) is 0 Å². The van der Waals surface area contributed by atoms with Crippen LogP contribution < -0.4 is 4.57 Å². The standard InChI is InChI=1S/C43H82N/c1-3-5-7-9-11-13-15-17-19-21-23-25-27-29-31-33-35-37-43-38-41-44(42-39-43)40-36-34-32-30-28-26-24-22-20-18-16-14-12-10-8-6-4-2/h38-39,41-42H,3-37,40H2,1-2H3/q+1. The predicted molar refractivity (Wildman–Crippen MR) is 199 cm³/mol. The van der Waals surface area contributed by atoms with E-state index in [0.29, 0.717) is 0 Å². The number of unbranched alkanes of at least 4 members (excludes halogenated alkanes) is 32. The zero-order valence-electron chi connectivity index (χ0n) is 30.7. The minimum atomic E-state index is 1.19. The van der Waals surface area contributed by atoms with Crippen molar-refractivity contribution >= 4 is 0 Å². The summed E-state index contributed by atoms with van der Waals surface area (Å²) in [6, 6.07) is 4.75. The first-order valence-corrected chi connectivity index (χ1v) is 20.8. The maximum atomic E-state index is 2.41. The molecule has 0 N–H and O–H groups in total. The highest BCUT2D eigenvalue weighted by molar-refractivity contribution is 5.07. The minimum Gasteiger partial charge on any atom is -0.205 e. The molecule has 1 heteroatoms. The number of hydrogen-bond donors (Lipinski definition) is 0. The smallest absolute Gasteiger partial charge is 0.169 e. The Balaban J connectivity index is 1.79. The second-order valence-electron chi connectivity index (χ2n) is 14.5. The average molecular weight is 613 g/mol. The third-order valence-electron chi connectivity index (χ3n) is 10.0. The number of aromatic nitrogens is 1. The van der Waals surface area contributed by atoms with Gasteiger partial charge in [0.1, 0.15) is 6.54 Å². The van der Waals surface area contributed by atoms with Gasteiger partial charge in [0.2, 0.25) is 0 Å². The van der Waals surface area contributed by atoms with Crippen LogP contribution in [0, 0.1) is 0 Å². The molecule has 1 heterocycles. The summed E-state index contributed by atoms with van der Waals surface area (Å²) in [6.45, 7) is 5.81. The van der Waals surface area contributed by atoms with Gasteiger partial charge in [0.25, 0.3) is 0 Å².